The summed E-state index contributed by atoms with van der Waals surface area (Å²) in [4.78, 5) is 9.46. The lowest BCUT2D eigenvalue weighted by atomic mass is 9.77. The number of para-hydroxylation sites is 2. The molecule has 4 heterocycles. The summed E-state index contributed by atoms with van der Waals surface area (Å²) in [5, 5.41) is 6.12. The van der Waals surface area contributed by atoms with Crippen LogP contribution in [0.2, 0.25) is 0 Å². The predicted octanol–water partition coefficient (Wildman–Crippen LogP) is 8.46. The van der Waals surface area contributed by atoms with Gasteiger partial charge in [-0.25, -0.2) is 9.97 Å². The van der Waals surface area contributed by atoms with Crippen LogP contribution in [0.4, 0.5) is 0 Å². The van der Waals surface area contributed by atoms with E-state index < -0.39 is 0 Å². The Morgan fingerprint density at radius 1 is 0.538 bits per heavy atom. The van der Waals surface area contributed by atoms with Gasteiger partial charge < -0.3 is 0 Å². The van der Waals surface area contributed by atoms with Crippen LogP contribution in [0.5, 0.6) is 0 Å². The molecule has 4 aromatic heterocycles. The van der Waals surface area contributed by atoms with Crippen LogP contribution in [0.3, 0.4) is 0 Å². The molecule has 4 aromatic carbocycles. The third-order valence-corrected chi connectivity index (χ3v) is 8.35. The van der Waals surface area contributed by atoms with Crippen molar-refractivity contribution in [2.24, 2.45) is 0 Å². The third kappa shape index (κ3) is 3.12. The van der Waals surface area contributed by atoms with Gasteiger partial charge >= 0.3 is 0 Å². The Morgan fingerprint density at radius 3 is 2.00 bits per heavy atom. The van der Waals surface area contributed by atoms with Gasteiger partial charge in [-0.2, -0.15) is 0 Å². The standard InChI is InChI=1S/C35H26N4/c1-35(2,23-14-16-25-26-9-3-5-11-30(26)38-20-19-37-34(38)29(25)21-23)24-15-17-28-27-10-4-6-12-31(27)39(32(28)22-24)33-13-7-8-18-36-33/h3-22H,1-2H3. The van der Waals surface area contributed by atoms with Crippen molar-refractivity contribution in [2.75, 3.05) is 0 Å². The summed E-state index contributed by atoms with van der Waals surface area (Å²) in [6.07, 6.45) is 5.81. The predicted molar refractivity (Wildman–Crippen MR) is 161 cm³/mol. The van der Waals surface area contributed by atoms with Gasteiger partial charge in [0.15, 0.2) is 0 Å². The maximum atomic E-state index is 4.76. The number of aromatic nitrogens is 4. The number of rotatable bonds is 3. The quantitative estimate of drug-likeness (QED) is 0.227. The Hall–Kier alpha value is -4.96. The molecule has 0 aliphatic carbocycles. The first-order valence-corrected chi connectivity index (χ1v) is 13.3. The molecule has 0 saturated heterocycles. The minimum Gasteiger partial charge on any atom is -0.299 e. The van der Waals surface area contributed by atoms with Crippen molar-refractivity contribution in [3.8, 4) is 5.82 Å². The van der Waals surface area contributed by atoms with Gasteiger partial charge in [-0.05, 0) is 52.9 Å². The molecular formula is C35H26N4. The van der Waals surface area contributed by atoms with Gasteiger partial charge in [-0.3, -0.25) is 8.97 Å². The van der Waals surface area contributed by atoms with E-state index in [0.29, 0.717) is 0 Å². The monoisotopic (exact) mass is 502 g/mol. The van der Waals surface area contributed by atoms with Gasteiger partial charge in [0.25, 0.3) is 0 Å². The molecule has 0 unspecified atom stereocenters. The summed E-state index contributed by atoms with van der Waals surface area (Å²) in [7, 11) is 0. The number of pyridine rings is 2. The SMILES string of the molecule is CC(C)(c1ccc2c3ccccc3n3ccnc3c2c1)c1ccc2c3ccccc3n(-c3ccccn3)c2c1. The van der Waals surface area contributed by atoms with Crippen molar-refractivity contribution in [1.29, 1.82) is 0 Å². The molecule has 8 rings (SSSR count). The topological polar surface area (TPSA) is 35.1 Å². The van der Waals surface area contributed by atoms with Gasteiger partial charge in [0, 0.05) is 45.6 Å². The summed E-state index contributed by atoms with van der Waals surface area (Å²) in [5.74, 6) is 0.929. The highest BCUT2D eigenvalue weighted by molar-refractivity contribution is 6.12. The van der Waals surface area contributed by atoms with Crippen molar-refractivity contribution in [3.63, 3.8) is 0 Å². The Morgan fingerprint density at radius 2 is 1.21 bits per heavy atom. The fourth-order valence-corrected chi connectivity index (χ4v) is 6.22. The molecule has 186 valence electrons. The molecule has 0 atom stereocenters. The zero-order valence-electron chi connectivity index (χ0n) is 21.8. The van der Waals surface area contributed by atoms with E-state index in [1.54, 1.807) is 0 Å². The molecule has 4 heteroatoms. The summed E-state index contributed by atoms with van der Waals surface area (Å²) >= 11 is 0. The molecule has 0 aliphatic rings. The average Bonchev–Trinajstić information content (AvgIpc) is 3.61. The van der Waals surface area contributed by atoms with Crippen LogP contribution in [0.25, 0.3) is 54.9 Å². The van der Waals surface area contributed by atoms with Gasteiger partial charge in [-0.1, -0.05) is 80.6 Å². The second-order valence-corrected chi connectivity index (χ2v) is 10.8. The van der Waals surface area contributed by atoms with E-state index in [9.17, 15) is 0 Å². The van der Waals surface area contributed by atoms with Crippen LogP contribution in [0.15, 0.2) is 122 Å². The molecule has 39 heavy (non-hydrogen) atoms. The minimum atomic E-state index is -0.233. The van der Waals surface area contributed by atoms with E-state index in [1.807, 2.05) is 24.5 Å². The zero-order valence-corrected chi connectivity index (χ0v) is 21.8. The van der Waals surface area contributed by atoms with Crippen molar-refractivity contribution in [3.05, 3.63) is 133 Å². The number of benzene rings is 4. The van der Waals surface area contributed by atoms with Crippen molar-refractivity contribution in [2.45, 2.75) is 19.3 Å². The van der Waals surface area contributed by atoms with Crippen LogP contribution in [0.1, 0.15) is 25.0 Å². The van der Waals surface area contributed by atoms with E-state index in [-0.39, 0.29) is 5.41 Å². The normalized spacial score (nSPS) is 12.4. The number of hydrogen-bond donors (Lipinski definition) is 0. The molecule has 0 bridgehead atoms. The average molecular weight is 503 g/mol. The van der Waals surface area contributed by atoms with Crippen LogP contribution in [0, 0.1) is 0 Å². The third-order valence-electron chi connectivity index (χ3n) is 8.35. The molecular weight excluding hydrogens is 476 g/mol. The van der Waals surface area contributed by atoms with Gasteiger partial charge in [-0.15, -0.1) is 0 Å². The molecule has 0 saturated carbocycles. The number of fused-ring (bicyclic) bond motifs is 9. The number of imidazole rings is 1. The molecule has 8 aromatic rings. The molecule has 0 radical (unpaired) electrons. The van der Waals surface area contributed by atoms with E-state index in [0.717, 1.165) is 11.5 Å². The largest absolute Gasteiger partial charge is 0.299 e. The Labute approximate surface area is 225 Å². The highest BCUT2D eigenvalue weighted by Gasteiger charge is 2.26. The minimum absolute atomic E-state index is 0.233. The van der Waals surface area contributed by atoms with E-state index in [4.69, 9.17) is 9.97 Å². The van der Waals surface area contributed by atoms with E-state index in [1.165, 1.54) is 54.6 Å². The maximum Gasteiger partial charge on any atom is 0.145 e. The lowest BCUT2D eigenvalue weighted by molar-refractivity contribution is 0.642. The summed E-state index contributed by atoms with van der Waals surface area (Å²) in [6.45, 7) is 4.62. The van der Waals surface area contributed by atoms with Crippen molar-refractivity contribution in [1.82, 2.24) is 18.9 Å². The molecule has 0 spiro atoms. The van der Waals surface area contributed by atoms with E-state index >= 15 is 0 Å². The van der Waals surface area contributed by atoms with Crippen molar-refractivity contribution >= 4 is 49.1 Å². The Balaban J connectivity index is 1.36. The lowest BCUT2D eigenvalue weighted by Gasteiger charge is -2.27. The first-order valence-electron chi connectivity index (χ1n) is 13.3. The lowest BCUT2D eigenvalue weighted by Crippen LogP contribution is -2.19. The fraction of sp³-hybridized carbons (Fsp3) is 0.0857. The molecule has 0 amide bonds. The Bertz CT molecular complexity index is 2200. The maximum absolute atomic E-state index is 4.76. The first-order chi connectivity index (χ1) is 19.1. The van der Waals surface area contributed by atoms with Crippen LogP contribution in [-0.4, -0.2) is 18.9 Å². The number of nitrogens with zero attached hydrogens (tertiary/aromatic N) is 4. The highest BCUT2D eigenvalue weighted by atomic mass is 15.1. The fourth-order valence-electron chi connectivity index (χ4n) is 6.22. The molecule has 4 nitrogen and oxygen atoms in total. The van der Waals surface area contributed by atoms with Crippen molar-refractivity contribution < 1.29 is 0 Å². The Kier molecular flexibility index (Phi) is 4.54. The molecule has 0 N–H and O–H groups in total. The smallest absolute Gasteiger partial charge is 0.145 e. The van der Waals surface area contributed by atoms with Crippen LogP contribution >= 0.6 is 0 Å². The second-order valence-electron chi connectivity index (χ2n) is 10.8. The van der Waals surface area contributed by atoms with Crippen LogP contribution in [-0.2, 0) is 5.41 Å². The summed E-state index contributed by atoms with van der Waals surface area (Å²) in [6, 6.07) is 37.0. The summed E-state index contributed by atoms with van der Waals surface area (Å²) in [5.41, 5.74) is 6.79. The first kappa shape index (κ1) is 22.1. The molecule has 0 fully saturated rings. The zero-order chi connectivity index (χ0) is 26.1. The van der Waals surface area contributed by atoms with Gasteiger partial charge in [0.1, 0.15) is 11.5 Å². The highest BCUT2D eigenvalue weighted by Crippen LogP contribution is 2.39. The van der Waals surface area contributed by atoms with Gasteiger partial charge in [0.05, 0.1) is 16.6 Å². The van der Waals surface area contributed by atoms with Crippen LogP contribution < -0.4 is 0 Å². The number of hydrogen-bond acceptors (Lipinski definition) is 2. The summed E-state index contributed by atoms with van der Waals surface area (Å²) < 4.78 is 4.48. The molecule has 0 aliphatic heterocycles. The van der Waals surface area contributed by atoms with E-state index in [2.05, 4.69) is 120 Å². The second kappa shape index (κ2) is 8.02. The van der Waals surface area contributed by atoms with Gasteiger partial charge in [0.2, 0.25) is 0 Å².